The van der Waals surface area contributed by atoms with Crippen LogP contribution in [0.4, 0.5) is 5.95 Å². The zero-order valence-corrected chi connectivity index (χ0v) is 14.7. The summed E-state index contributed by atoms with van der Waals surface area (Å²) in [6.07, 6.45) is 3.75. The first-order chi connectivity index (χ1) is 13.3. The number of fused-ring (bicyclic) bond motifs is 2. The molecule has 27 heavy (non-hydrogen) atoms. The van der Waals surface area contributed by atoms with Gasteiger partial charge in [-0.15, -0.1) is 0 Å². The van der Waals surface area contributed by atoms with Crippen LogP contribution in [0.3, 0.4) is 0 Å². The predicted molar refractivity (Wildman–Crippen MR) is 101 cm³/mol. The van der Waals surface area contributed by atoms with Crippen molar-refractivity contribution in [3.8, 4) is 22.9 Å². The van der Waals surface area contributed by atoms with Gasteiger partial charge >= 0.3 is 0 Å². The standard InChI is InChI=1S/C20H17N5O2/c1-13-19(25-9-3-2-4-18(25)23-13)15-7-8-21-20(24-15)22-11-14-5-6-16-17(10-14)27-12-26-16/h2-10H,11-12H2,1H3,(H,21,22,24). The van der Waals surface area contributed by atoms with Crippen molar-refractivity contribution in [3.05, 3.63) is 66.1 Å². The van der Waals surface area contributed by atoms with Gasteiger partial charge in [-0.1, -0.05) is 12.1 Å². The summed E-state index contributed by atoms with van der Waals surface area (Å²) < 4.78 is 12.8. The van der Waals surface area contributed by atoms with Crippen molar-refractivity contribution in [1.82, 2.24) is 19.4 Å². The van der Waals surface area contributed by atoms with E-state index in [2.05, 4.69) is 20.3 Å². The van der Waals surface area contributed by atoms with E-state index in [4.69, 9.17) is 9.47 Å². The molecule has 1 N–H and O–H groups in total. The fraction of sp³-hybridized carbons (Fsp3) is 0.150. The molecule has 0 saturated carbocycles. The topological polar surface area (TPSA) is 73.6 Å². The molecule has 0 radical (unpaired) electrons. The second kappa shape index (κ2) is 6.28. The van der Waals surface area contributed by atoms with Gasteiger partial charge in [0.25, 0.3) is 0 Å². The molecular weight excluding hydrogens is 342 g/mol. The largest absolute Gasteiger partial charge is 0.454 e. The van der Waals surface area contributed by atoms with E-state index in [0.29, 0.717) is 12.5 Å². The second-order valence-electron chi connectivity index (χ2n) is 6.28. The van der Waals surface area contributed by atoms with Gasteiger partial charge in [0.05, 0.1) is 17.1 Å². The Bertz CT molecular complexity index is 1140. The summed E-state index contributed by atoms with van der Waals surface area (Å²) in [6, 6.07) is 13.7. The minimum atomic E-state index is 0.274. The number of pyridine rings is 1. The van der Waals surface area contributed by atoms with Crippen molar-refractivity contribution >= 4 is 11.6 Å². The number of aromatic nitrogens is 4. The summed E-state index contributed by atoms with van der Waals surface area (Å²) in [6.45, 7) is 2.85. The smallest absolute Gasteiger partial charge is 0.231 e. The Balaban J connectivity index is 1.41. The van der Waals surface area contributed by atoms with Crippen LogP contribution in [0.25, 0.3) is 17.0 Å². The van der Waals surface area contributed by atoms with E-state index >= 15 is 0 Å². The number of nitrogens with zero attached hydrogens (tertiary/aromatic N) is 4. The van der Waals surface area contributed by atoms with Crippen LogP contribution in [-0.4, -0.2) is 26.1 Å². The van der Waals surface area contributed by atoms with Gasteiger partial charge in [0.15, 0.2) is 11.5 Å². The molecule has 0 amide bonds. The molecule has 4 aromatic rings. The van der Waals surface area contributed by atoms with Crippen LogP contribution in [0.15, 0.2) is 54.9 Å². The third-order valence-corrected chi connectivity index (χ3v) is 4.49. The number of ether oxygens (including phenoxy) is 2. The highest BCUT2D eigenvalue weighted by molar-refractivity contribution is 5.64. The van der Waals surface area contributed by atoms with Crippen LogP contribution in [0.2, 0.25) is 0 Å². The molecule has 0 aliphatic carbocycles. The quantitative estimate of drug-likeness (QED) is 0.602. The maximum atomic E-state index is 5.42. The molecule has 0 spiro atoms. The second-order valence-corrected chi connectivity index (χ2v) is 6.28. The van der Waals surface area contributed by atoms with Crippen molar-refractivity contribution in [2.24, 2.45) is 0 Å². The van der Waals surface area contributed by atoms with E-state index < -0.39 is 0 Å². The zero-order valence-electron chi connectivity index (χ0n) is 14.7. The molecule has 3 aromatic heterocycles. The Kier molecular flexibility index (Phi) is 3.64. The molecule has 134 valence electrons. The Morgan fingerprint density at radius 3 is 2.96 bits per heavy atom. The SMILES string of the molecule is Cc1nc2ccccn2c1-c1ccnc(NCc2ccc3c(c2)OCO3)n1. The van der Waals surface area contributed by atoms with Gasteiger partial charge in [0.1, 0.15) is 5.65 Å². The molecule has 0 bridgehead atoms. The Hall–Kier alpha value is -3.61. The van der Waals surface area contributed by atoms with Crippen LogP contribution in [0, 0.1) is 6.92 Å². The molecule has 0 atom stereocenters. The molecule has 1 aliphatic rings. The van der Waals surface area contributed by atoms with E-state index in [1.165, 1.54) is 0 Å². The molecule has 1 aromatic carbocycles. The van der Waals surface area contributed by atoms with E-state index in [0.717, 1.165) is 39.8 Å². The Morgan fingerprint density at radius 1 is 1.07 bits per heavy atom. The van der Waals surface area contributed by atoms with Crippen molar-refractivity contribution < 1.29 is 9.47 Å². The number of nitrogens with one attached hydrogen (secondary N) is 1. The lowest BCUT2D eigenvalue weighted by Gasteiger charge is -2.08. The average Bonchev–Trinajstić information content (AvgIpc) is 3.29. The third kappa shape index (κ3) is 2.83. The van der Waals surface area contributed by atoms with Gasteiger partial charge < -0.3 is 14.8 Å². The van der Waals surface area contributed by atoms with Gasteiger partial charge in [-0.3, -0.25) is 4.40 Å². The monoisotopic (exact) mass is 359 g/mol. The van der Waals surface area contributed by atoms with Gasteiger partial charge in [0.2, 0.25) is 12.7 Å². The summed E-state index contributed by atoms with van der Waals surface area (Å²) in [7, 11) is 0. The molecule has 7 nitrogen and oxygen atoms in total. The summed E-state index contributed by atoms with van der Waals surface area (Å²) in [5.74, 6) is 2.11. The summed E-state index contributed by atoms with van der Waals surface area (Å²) in [4.78, 5) is 13.6. The number of rotatable bonds is 4. The lowest BCUT2D eigenvalue weighted by Crippen LogP contribution is -2.04. The number of hydrogen-bond donors (Lipinski definition) is 1. The van der Waals surface area contributed by atoms with E-state index in [1.807, 2.05) is 60.0 Å². The summed E-state index contributed by atoms with van der Waals surface area (Å²) >= 11 is 0. The maximum Gasteiger partial charge on any atom is 0.231 e. The molecule has 5 rings (SSSR count). The Labute approximate surface area is 155 Å². The van der Waals surface area contributed by atoms with Crippen molar-refractivity contribution in [3.63, 3.8) is 0 Å². The first-order valence-corrected chi connectivity index (χ1v) is 8.67. The van der Waals surface area contributed by atoms with Crippen LogP contribution in [0.5, 0.6) is 11.5 Å². The average molecular weight is 359 g/mol. The molecular formula is C20H17N5O2. The van der Waals surface area contributed by atoms with Gasteiger partial charge in [-0.25, -0.2) is 15.0 Å². The van der Waals surface area contributed by atoms with E-state index in [-0.39, 0.29) is 6.79 Å². The maximum absolute atomic E-state index is 5.42. The molecule has 0 unspecified atom stereocenters. The van der Waals surface area contributed by atoms with Gasteiger partial charge in [-0.05, 0) is 42.8 Å². The fourth-order valence-corrected chi connectivity index (χ4v) is 3.23. The third-order valence-electron chi connectivity index (χ3n) is 4.49. The fourth-order valence-electron chi connectivity index (χ4n) is 3.23. The number of anilines is 1. The predicted octanol–water partition coefficient (Wildman–Crippen LogP) is 3.44. The number of hydrogen-bond acceptors (Lipinski definition) is 6. The van der Waals surface area contributed by atoms with Gasteiger partial charge in [0, 0.05) is 18.9 Å². The first kappa shape index (κ1) is 15.6. The van der Waals surface area contributed by atoms with Gasteiger partial charge in [-0.2, -0.15) is 0 Å². The highest BCUT2D eigenvalue weighted by atomic mass is 16.7. The number of benzene rings is 1. The highest BCUT2D eigenvalue weighted by Gasteiger charge is 2.14. The van der Waals surface area contributed by atoms with Crippen LogP contribution in [0.1, 0.15) is 11.3 Å². The lowest BCUT2D eigenvalue weighted by atomic mass is 10.2. The van der Waals surface area contributed by atoms with E-state index in [1.54, 1.807) is 6.20 Å². The highest BCUT2D eigenvalue weighted by Crippen LogP contribution is 2.32. The minimum Gasteiger partial charge on any atom is -0.454 e. The summed E-state index contributed by atoms with van der Waals surface area (Å²) in [5.41, 5.74) is 4.70. The van der Waals surface area contributed by atoms with Crippen molar-refractivity contribution in [1.29, 1.82) is 0 Å². The molecule has 1 aliphatic heterocycles. The van der Waals surface area contributed by atoms with Crippen molar-refractivity contribution in [2.45, 2.75) is 13.5 Å². The van der Waals surface area contributed by atoms with E-state index in [9.17, 15) is 0 Å². The lowest BCUT2D eigenvalue weighted by molar-refractivity contribution is 0.174. The van der Waals surface area contributed by atoms with Crippen LogP contribution >= 0.6 is 0 Å². The van der Waals surface area contributed by atoms with Crippen LogP contribution < -0.4 is 14.8 Å². The minimum absolute atomic E-state index is 0.274. The normalized spacial score (nSPS) is 12.5. The van der Waals surface area contributed by atoms with Crippen molar-refractivity contribution in [2.75, 3.05) is 12.1 Å². The van der Waals surface area contributed by atoms with Crippen LogP contribution in [-0.2, 0) is 6.54 Å². The zero-order chi connectivity index (χ0) is 18.2. The first-order valence-electron chi connectivity index (χ1n) is 8.67. The molecule has 0 fully saturated rings. The Morgan fingerprint density at radius 2 is 2.00 bits per heavy atom. The number of imidazole rings is 1. The number of aryl methyl sites for hydroxylation is 1. The molecule has 4 heterocycles. The molecule has 7 heteroatoms. The summed E-state index contributed by atoms with van der Waals surface area (Å²) in [5, 5.41) is 3.27. The molecule has 0 saturated heterocycles.